The third-order valence-corrected chi connectivity index (χ3v) is 9.35. The van der Waals surface area contributed by atoms with Crippen LogP contribution in [0.2, 0.25) is 0 Å². The van der Waals surface area contributed by atoms with E-state index in [4.69, 9.17) is 9.47 Å². The number of carbonyl (C=O) groups is 1. The first-order valence-corrected chi connectivity index (χ1v) is 16.1. The van der Waals surface area contributed by atoms with E-state index >= 15 is 4.39 Å². The molecule has 0 bridgehead atoms. The summed E-state index contributed by atoms with van der Waals surface area (Å²) >= 11 is 0. The lowest BCUT2D eigenvalue weighted by atomic mass is 10.0. The molecule has 3 atom stereocenters. The quantitative estimate of drug-likeness (QED) is 0.369. The summed E-state index contributed by atoms with van der Waals surface area (Å²) in [6.45, 7) is 4.95. The molecule has 7 rings (SSSR count). The highest BCUT2D eigenvalue weighted by atomic mass is 19.3. The first-order chi connectivity index (χ1) is 23.2. The zero-order chi connectivity index (χ0) is 33.3. The molecule has 15 heteroatoms. The summed E-state index contributed by atoms with van der Waals surface area (Å²) in [5, 5.41) is 15.6. The van der Waals surface area contributed by atoms with E-state index in [1.807, 2.05) is 12.1 Å². The molecule has 4 aliphatic heterocycles. The normalized spacial score (nSPS) is 24.5. The summed E-state index contributed by atoms with van der Waals surface area (Å²) in [6, 6.07) is 14.5. The average Bonchev–Trinajstić information content (AvgIpc) is 3.45. The molecule has 12 nitrogen and oxygen atoms in total. The Morgan fingerprint density at radius 2 is 1.88 bits per heavy atom. The van der Waals surface area contributed by atoms with E-state index < -0.39 is 43.1 Å². The highest BCUT2D eigenvalue weighted by Gasteiger charge is 2.45. The fourth-order valence-electron chi connectivity index (χ4n) is 6.51. The lowest BCUT2D eigenvalue weighted by Gasteiger charge is -2.43. The molecule has 5 heterocycles. The molecule has 0 unspecified atom stereocenters. The van der Waals surface area contributed by atoms with Gasteiger partial charge in [0.2, 0.25) is 11.9 Å². The highest BCUT2D eigenvalue weighted by molar-refractivity contribution is 5.82. The van der Waals surface area contributed by atoms with Crippen LogP contribution in [0.1, 0.15) is 18.4 Å². The van der Waals surface area contributed by atoms with E-state index in [9.17, 15) is 18.8 Å². The number of hydrogen-bond donors (Lipinski definition) is 2. The first kappa shape index (κ1) is 32.0. The predicted octanol–water partition coefficient (Wildman–Crippen LogP) is 2.99. The van der Waals surface area contributed by atoms with Crippen LogP contribution < -0.4 is 20.3 Å². The fraction of sp³-hybridized carbons (Fsp3) is 0.485. The SMILES string of the molecule is N#Cc1cc(-c2ncnc(Nc3ccc(N4CCN(C5COC5)CC4)cc3)n2)ccc1O[C@H]1CCN(C(=O)[C@H]2CC(F)(F)CN2)C[C@H]1F. The Morgan fingerprint density at radius 1 is 1.08 bits per heavy atom. The molecule has 0 saturated carbocycles. The topological polar surface area (TPSA) is 132 Å². The summed E-state index contributed by atoms with van der Waals surface area (Å²) < 4.78 is 53.5. The molecule has 2 N–H and O–H groups in total. The van der Waals surface area contributed by atoms with Gasteiger partial charge in [-0.3, -0.25) is 15.0 Å². The number of amides is 1. The molecule has 3 aromatic rings. The molecule has 1 aromatic heterocycles. The second-order valence-electron chi connectivity index (χ2n) is 12.6. The number of likely N-dealkylation sites (tertiary alicyclic amines) is 1. The molecule has 2 aromatic carbocycles. The van der Waals surface area contributed by atoms with Crippen LogP contribution in [0.4, 0.5) is 30.5 Å². The summed E-state index contributed by atoms with van der Waals surface area (Å²) in [5.41, 5.74) is 2.68. The lowest BCUT2D eigenvalue weighted by molar-refractivity contribution is -0.137. The van der Waals surface area contributed by atoms with Crippen molar-refractivity contribution >= 4 is 23.2 Å². The Kier molecular flexibility index (Phi) is 9.04. The monoisotopic (exact) mass is 663 g/mol. The standard InChI is InChI=1S/C33H36F3N9O3/c34-26-16-45(31(46)27-14-33(35,36)19-38-27)8-7-29(26)48-28-6-1-21(13-22(28)15-37)30-39-20-40-32(42-30)41-23-2-4-24(5-3-23)43-9-11-44(12-10-43)25-17-47-18-25/h1-6,13,20,25-27,29,38H,7-12,14,16-19H2,(H,39,40,41,42)/t26-,27-,29+/m1/s1. The van der Waals surface area contributed by atoms with Crippen LogP contribution in [0.25, 0.3) is 11.4 Å². The minimum absolute atomic E-state index is 0.152. The van der Waals surface area contributed by atoms with Crippen LogP contribution in [0.15, 0.2) is 48.8 Å². The summed E-state index contributed by atoms with van der Waals surface area (Å²) in [6.07, 6.45) is -1.53. The van der Waals surface area contributed by atoms with Crippen molar-refractivity contribution in [2.24, 2.45) is 0 Å². The van der Waals surface area contributed by atoms with Gasteiger partial charge in [-0.1, -0.05) is 0 Å². The number of benzene rings is 2. The summed E-state index contributed by atoms with van der Waals surface area (Å²) in [4.78, 5) is 31.8. The molecule has 4 aliphatic rings. The Hall–Kier alpha value is -4.52. The van der Waals surface area contributed by atoms with Crippen molar-refractivity contribution in [2.75, 3.05) is 69.2 Å². The lowest BCUT2D eigenvalue weighted by Crippen LogP contribution is -2.56. The number of nitriles is 1. The Labute approximate surface area is 275 Å². The largest absolute Gasteiger partial charge is 0.486 e. The minimum atomic E-state index is -2.95. The molecular formula is C33H36F3N9O3. The zero-order valence-corrected chi connectivity index (χ0v) is 26.2. The maximum Gasteiger partial charge on any atom is 0.262 e. The Balaban J connectivity index is 0.951. The van der Waals surface area contributed by atoms with Crippen LogP contribution in [-0.4, -0.2) is 120 Å². The minimum Gasteiger partial charge on any atom is -0.486 e. The molecule has 0 aliphatic carbocycles. The van der Waals surface area contributed by atoms with Crippen LogP contribution in [0.3, 0.4) is 0 Å². The molecule has 0 spiro atoms. The number of nitrogens with zero attached hydrogens (tertiary/aromatic N) is 7. The van der Waals surface area contributed by atoms with Gasteiger partial charge in [-0.25, -0.2) is 23.1 Å². The van der Waals surface area contributed by atoms with Gasteiger partial charge in [-0.15, -0.1) is 0 Å². The number of hydrogen-bond acceptors (Lipinski definition) is 11. The number of halogens is 3. The number of piperidine rings is 1. The Morgan fingerprint density at radius 3 is 2.54 bits per heavy atom. The smallest absolute Gasteiger partial charge is 0.262 e. The average molecular weight is 664 g/mol. The van der Waals surface area contributed by atoms with Crippen LogP contribution in [0, 0.1) is 11.3 Å². The van der Waals surface area contributed by atoms with Crippen molar-refractivity contribution in [1.82, 2.24) is 30.1 Å². The van der Waals surface area contributed by atoms with E-state index in [1.54, 1.807) is 18.2 Å². The van der Waals surface area contributed by atoms with Gasteiger partial charge in [0.15, 0.2) is 12.0 Å². The van der Waals surface area contributed by atoms with Gasteiger partial charge in [-0.2, -0.15) is 10.2 Å². The van der Waals surface area contributed by atoms with Gasteiger partial charge in [-0.05, 0) is 42.5 Å². The molecule has 4 saturated heterocycles. The highest BCUT2D eigenvalue weighted by Crippen LogP contribution is 2.31. The van der Waals surface area contributed by atoms with Gasteiger partial charge >= 0.3 is 0 Å². The molecule has 48 heavy (non-hydrogen) atoms. The van der Waals surface area contributed by atoms with Gasteiger partial charge in [0, 0.05) is 62.5 Å². The number of aromatic nitrogens is 3. The third-order valence-electron chi connectivity index (χ3n) is 9.35. The van der Waals surface area contributed by atoms with Crippen molar-refractivity contribution < 1.29 is 27.4 Å². The van der Waals surface area contributed by atoms with Crippen LogP contribution in [-0.2, 0) is 9.53 Å². The van der Waals surface area contributed by atoms with E-state index in [-0.39, 0.29) is 30.8 Å². The van der Waals surface area contributed by atoms with Crippen LogP contribution >= 0.6 is 0 Å². The number of anilines is 3. The number of carbonyl (C=O) groups excluding carboxylic acids is 1. The van der Waals surface area contributed by atoms with Crippen molar-refractivity contribution in [3.05, 3.63) is 54.4 Å². The van der Waals surface area contributed by atoms with Crippen molar-refractivity contribution in [2.45, 2.75) is 43.1 Å². The summed E-state index contributed by atoms with van der Waals surface area (Å²) in [5.74, 6) is -2.63. The van der Waals surface area contributed by atoms with Gasteiger partial charge in [0.25, 0.3) is 5.92 Å². The molecule has 4 fully saturated rings. The van der Waals surface area contributed by atoms with E-state index in [1.165, 1.54) is 11.2 Å². The number of nitrogens with one attached hydrogen (secondary N) is 2. The third kappa shape index (κ3) is 7.01. The van der Waals surface area contributed by atoms with E-state index in [0.717, 1.165) is 50.8 Å². The van der Waals surface area contributed by atoms with Crippen LogP contribution in [0.5, 0.6) is 5.75 Å². The van der Waals surface area contributed by atoms with E-state index in [2.05, 4.69) is 53.6 Å². The second-order valence-corrected chi connectivity index (χ2v) is 12.6. The predicted molar refractivity (Wildman–Crippen MR) is 170 cm³/mol. The van der Waals surface area contributed by atoms with Crippen molar-refractivity contribution in [3.8, 4) is 23.2 Å². The molecular weight excluding hydrogens is 627 g/mol. The van der Waals surface area contributed by atoms with Gasteiger partial charge in [0.05, 0.1) is 44.0 Å². The molecule has 0 radical (unpaired) electrons. The second kappa shape index (κ2) is 13.5. The first-order valence-electron chi connectivity index (χ1n) is 16.1. The van der Waals surface area contributed by atoms with Crippen molar-refractivity contribution in [1.29, 1.82) is 5.26 Å². The van der Waals surface area contributed by atoms with Crippen molar-refractivity contribution in [3.63, 3.8) is 0 Å². The number of piperazine rings is 1. The fourth-order valence-corrected chi connectivity index (χ4v) is 6.51. The maximum atomic E-state index is 15.1. The molecule has 1 amide bonds. The van der Waals surface area contributed by atoms with E-state index in [0.29, 0.717) is 23.4 Å². The molecule has 252 valence electrons. The maximum absolute atomic E-state index is 15.1. The number of rotatable bonds is 8. The number of alkyl halides is 3. The zero-order valence-electron chi connectivity index (χ0n) is 26.2. The summed E-state index contributed by atoms with van der Waals surface area (Å²) in [7, 11) is 0. The Bertz CT molecular complexity index is 1660. The van der Waals surface area contributed by atoms with Gasteiger partial charge in [0.1, 0.15) is 24.3 Å². The van der Waals surface area contributed by atoms with Gasteiger partial charge < -0.3 is 24.6 Å². The number of ether oxygens (including phenoxy) is 2.